The Morgan fingerprint density at radius 3 is 1.04 bits per heavy atom. The first-order chi connectivity index (χ1) is 36.9. The van der Waals surface area contributed by atoms with Gasteiger partial charge in [-0.05, 0) is 109 Å². The van der Waals surface area contributed by atoms with Gasteiger partial charge in [-0.2, -0.15) is 52.7 Å². The molecular formula is C50H44Cl2F12N6O8S. The van der Waals surface area contributed by atoms with Crippen molar-refractivity contribution in [3.63, 3.8) is 0 Å². The smallest absolute Gasteiger partial charge is 0.475 e. The van der Waals surface area contributed by atoms with Gasteiger partial charge in [-0.25, -0.2) is 19.2 Å². The van der Waals surface area contributed by atoms with Crippen LogP contribution in [0.1, 0.15) is 24.0 Å². The third-order valence-corrected chi connectivity index (χ3v) is 11.5. The Morgan fingerprint density at radius 1 is 0.443 bits per heavy atom. The van der Waals surface area contributed by atoms with E-state index in [1.807, 2.05) is 72.3 Å². The largest absolute Gasteiger partial charge is 0.490 e. The predicted octanol–water partition coefficient (Wildman–Crippen LogP) is 13.2. The molecule has 426 valence electrons. The fraction of sp³-hybridized carbons (Fsp3) is 0.240. The lowest BCUT2D eigenvalue weighted by Crippen LogP contribution is -2.21. The summed E-state index contributed by atoms with van der Waals surface area (Å²) in [6.07, 6.45) is -14.7. The molecule has 29 heteroatoms. The van der Waals surface area contributed by atoms with Crippen LogP contribution in [0, 0.1) is 0 Å². The van der Waals surface area contributed by atoms with Gasteiger partial charge in [0.1, 0.15) is 0 Å². The Morgan fingerprint density at radius 2 is 0.747 bits per heavy atom. The molecule has 0 aliphatic rings. The second-order valence-corrected chi connectivity index (χ2v) is 17.7. The number of rotatable bonds is 16. The summed E-state index contributed by atoms with van der Waals surface area (Å²) in [4.78, 5) is 47.0. The molecule has 7 aromatic rings. The number of carboxylic acids is 4. The number of pyridine rings is 2. The van der Waals surface area contributed by atoms with Crippen molar-refractivity contribution < 1.29 is 92.3 Å². The maximum atomic E-state index is 10.6. The van der Waals surface area contributed by atoms with Crippen LogP contribution in [0.2, 0.25) is 10.0 Å². The van der Waals surface area contributed by atoms with Gasteiger partial charge < -0.3 is 41.7 Å². The third kappa shape index (κ3) is 24.0. The van der Waals surface area contributed by atoms with Crippen LogP contribution in [0.25, 0.3) is 42.7 Å². The van der Waals surface area contributed by atoms with Gasteiger partial charge in [0.15, 0.2) is 0 Å². The number of alkyl halides is 12. The van der Waals surface area contributed by atoms with Crippen molar-refractivity contribution in [2.45, 2.75) is 50.6 Å². The van der Waals surface area contributed by atoms with Crippen LogP contribution in [-0.4, -0.2) is 105 Å². The monoisotopic (exact) mass is 1190 g/mol. The number of halogens is 14. The second kappa shape index (κ2) is 30.6. The highest BCUT2D eigenvalue weighted by molar-refractivity contribution is 7.18. The standard InChI is InChI=1S/C42H40Cl2N6S.4C2HF3O2/c43-33-11-13-35-37(17-23-49-39(35)25-33)47-21-1-19-45-27-29-3-7-31(8-4-29)41-15-16-42(51-41)32-9-5-30(6-10-32)28-46-20-2-22-48-38-18-24-50-40-26-34(44)12-14-36(38)40;4*3-2(4,5)1(6)7/h3-18,23-26,45-46H,1-2,19-22,27-28H2,(H,47,49)(H,48,50);4*(H,6,7). The van der Waals surface area contributed by atoms with E-state index in [1.165, 1.54) is 32.0 Å². The van der Waals surface area contributed by atoms with Crippen LogP contribution in [0.5, 0.6) is 0 Å². The van der Waals surface area contributed by atoms with Gasteiger partial charge in [0, 0.05) is 80.5 Å². The number of carboxylic acid groups (broad SMARTS) is 4. The van der Waals surface area contributed by atoms with Gasteiger partial charge in [-0.3, -0.25) is 9.97 Å². The molecule has 0 aliphatic heterocycles. The van der Waals surface area contributed by atoms with Crippen molar-refractivity contribution >= 4 is 91.6 Å². The molecule has 0 radical (unpaired) electrons. The van der Waals surface area contributed by atoms with Crippen LogP contribution in [0.4, 0.5) is 64.1 Å². The number of nitrogens with zero attached hydrogens (tertiary/aromatic N) is 2. The highest BCUT2D eigenvalue weighted by Gasteiger charge is 2.40. The molecule has 0 aliphatic carbocycles. The number of aromatic nitrogens is 2. The predicted molar refractivity (Wildman–Crippen MR) is 273 cm³/mol. The highest BCUT2D eigenvalue weighted by atomic mass is 35.5. The maximum Gasteiger partial charge on any atom is 0.490 e. The van der Waals surface area contributed by atoms with Gasteiger partial charge in [0.2, 0.25) is 0 Å². The van der Waals surface area contributed by atoms with Crippen molar-refractivity contribution in [2.75, 3.05) is 36.8 Å². The van der Waals surface area contributed by atoms with Gasteiger partial charge >= 0.3 is 48.6 Å². The van der Waals surface area contributed by atoms with E-state index in [9.17, 15) is 52.7 Å². The van der Waals surface area contributed by atoms with Crippen molar-refractivity contribution in [3.05, 3.63) is 143 Å². The zero-order valence-electron chi connectivity index (χ0n) is 40.2. The number of hydrogen-bond donors (Lipinski definition) is 8. The van der Waals surface area contributed by atoms with Crippen LogP contribution < -0.4 is 21.3 Å². The molecule has 0 saturated heterocycles. The summed E-state index contributed by atoms with van der Waals surface area (Å²) in [6, 6.07) is 38.0. The molecule has 79 heavy (non-hydrogen) atoms. The number of hydrogen-bond acceptors (Lipinski definition) is 11. The summed E-state index contributed by atoms with van der Waals surface area (Å²) in [7, 11) is 0. The number of thiophene rings is 1. The summed E-state index contributed by atoms with van der Waals surface area (Å²) in [6.45, 7) is 5.34. The Hall–Kier alpha value is -7.46. The quantitative estimate of drug-likeness (QED) is 0.0333. The zero-order chi connectivity index (χ0) is 59.1. The van der Waals surface area contributed by atoms with Gasteiger partial charge in [0.05, 0.1) is 11.0 Å². The summed E-state index contributed by atoms with van der Waals surface area (Å²) in [5, 5.41) is 46.3. The van der Waals surface area contributed by atoms with Crippen LogP contribution in [0.15, 0.2) is 122 Å². The first kappa shape index (κ1) is 65.8. The zero-order valence-corrected chi connectivity index (χ0v) is 42.5. The normalized spacial score (nSPS) is 11.3. The van der Waals surface area contributed by atoms with Crippen molar-refractivity contribution in [3.8, 4) is 20.9 Å². The number of anilines is 2. The second-order valence-electron chi connectivity index (χ2n) is 15.7. The molecule has 0 amide bonds. The van der Waals surface area contributed by atoms with E-state index in [2.05, 4.69) is 91.9 Å². The summed E-state index contributed by atoms with van der Waals surface area (Å²) >= 11 is 14.1. The minimum absolute atomic E-state index is 0.704. The molecule has 0 unspecified atom stereocenters. The van der Waals surface area contributed by atoms with Crippen molar-refractivity contribution in [1.29, 1.82) is 0 Å². The number of carbonyl (C=O) groups is 4. The van der Waals surface area contributed by atoms with E-state index in [4.69, 9.17) is 62.8 Å². The molecule has 0 spiro atoms. The third-order valence-electron chi connectivity index (χ3n) is 9.81. The summed E-state index contributed by atoms with van der Waals surface area (Å²) in [5.41, 5.74) is 9.07. The Balaban J connectivity index is 0.000000480. The minimum atomic E-state index is -5.08. The Bertz CT molecular complexity index is 2840. The number of aliphatic carboxylic acids is 4. The van der Waals surface area contributed by atoms with Gasteiger partial charge in [0.25, 0.3) is 0 Å². The lowest BCUT2D eigenvalue weighted by atomic mass is 10.1. The average molecular weight is 1190 g/mol. The Labute approximate surface area is 454 Å². The van der Waals surface area contributed by atoms with E-state index < -0.39 is 48.6 Å². The van der Waals surface area contributed by atoms with Crippen LogP contribution >= 0.6 is 34.5 Å². The number of nitrogens with one attached hydrogen (secondary N) is 4. The number of fused-ring (bicyclic) bond motifs is 2. The molecule has 3 heterocycles. The fourth-order valence-corrected chi connectivity index (χ4v) is 7.46. The van der Waals surface area contributed by atoms with Crippen molar-refractivity contribution in [2.24, 2.45) is 0 Å². The van der Waals surface area contributed by atoms with Gasteiger partial charge in [-0.15, -0.1) is 11.3 Å². The molecule has 0 bridgehead atoms. The van der Waals surface area contributed by atoms with Crippen LogP contribution in [0.3, 0.4) is 0 Å². The summed E-state index contributed by atoms with van der Waals surface area (Å²) in [5.74, 6) is -11.0. The van der Waals surface area contributed by atoms with Gasteiger partial charge in [-0.1, -0.05) is 71.7 Å². The maximum absolute atomic E-state index is 10.6. The molecule has 0 fully saturated rings. The molecule has 7 rings (SSSR count). The van der Waals surface area contributed by atoms with E-state index in [1.54, 1.807) is 0 Å². The average Bonchev–Trinajstić information content (AvgIpc) is 3.88. The molecule has 4 aromatic carbocycles. The Kier molecular flexibility index (Phi) is 25.5. The van der Waals surface area contributed by atoms with E-state index in [0.29, 0.717) is 10.0 Å². The molecule has 8 N–H and O–H groups in total. The number of benzene rings is 4. The fourth-order valence-electron chi connectivity index (χ4n) is 6.11. The lowest BCUT2D eigenvalue weighted by molar-refractivity contribution is -0.193. The van der Waals surface area contributed by atoms with Crippen molar-refractivity contribution in [1.82, 2.24) is 20.6 Å². The molecule has 0 atom stereocenters. The molecule has 3 aromatic heterocycles. The van der Waals surface area contributed by atoms with Crippen LogP contribution in [-0.2, 0) is 32.3 Å². The lowest BCUT2D eigenvalue weighted by Gasteiger charge is -2.10. The molecule has 0 saturated carbocycles. The summed E-state index contributed by atoms with van der Waals surface area (Å²) < 4.78 is 127. The van der Waals surface area contributed by atoms with E-state index >= 15 is 0 Å². The van der Waals surface area contributed by atoms with E-state index in [-0.39, 0.29) is 0 Å². The first-order valence-corrected chi connectivity index (χ1v) is 23.9. The first-order valence-electron chi connectivity index (χ1n) is 22.3. The van der Waals surface area contributed by atoms with E-state index in [0.717, 1.165) is 85.3 Å². The molecular weight excluding hydrogens is 1140 g/mol. The highest BCUT2D eigenvalue weighted by Crippen LogP contribution is 2.35. The topological polar surface area (TPSA) is 223 Å². The molecule has 14 nitrogen and oxygen atoms in total. The SMILES string of the molecule is Clc1ccc2c(NCCCNCc3ccc(-c4ccc(-c5ccc(CNCCCNc6ccnc7cc(Cl)ccc67)cc5)s4)cc3)ccnc2c1.O=C(O)C(F)(F)F.O=C(O)C(F)(F)F.O=C(O)C(F)(F)F.O=C(O)C(F)(F)F. The minimum Gasteiger partial charge on any atom is -0.475 e.